The summed E-state index contributed by atoms with van der Waals surface area (Å²) in [5, 5.41) is 0. The molecule has 5 rings (SSSR count). The Morgan fingerprint density at radius 3 is 2.93 bits per heavy atom. The Labute approximate surface area is 159 Å². The summed E-state index contributed by atoms with van der Waals surface area (Å²) >= 11 is 0. The van der Waals surface area contributed by atoms with Crippen LogP contribution in [0.4, 0.5) is 0 Å². The molecule has 0 bridgehead atoms. The summed E-state index contributed by atoms with van der Waals surface area (Å²) in [4.78, 5) is 22.2. The molecule has 2 atom stereocenters. The predicted molar refractivity (Wildman–Crippen MR) is 99.0 cm³/mol. The van der Waals surface area contributed by atoms with Crippen molar-refractivity contribution in [3.63, 3.8) is 0 Å². The number of likely N-dealkylation sites (tertiary alicyclic amines) is 1. The third-order valence-electron chi connectivity index (χ3n) is 6.05. The normalized spacial score (nSPS) is 29.0. The summed E-state index contributed by atoms with van der Waals surface area (Å²) in [5.41, 5.74) is 0.254. The van der Waals surface area contributed by atoms with Crippen LogP contribution in [0.25, 0.3) is 0 Å². The quantitative estimate of drug-likeness (QED) is 0.811. The van der Waals surface area contributed by atoms with Gasteiger partial charge in [0.1, 0.15) is 5.76 Å². The number of ether oxygens (including phenoxy) is 1. The first kappa shape index (κ1) is 17.0. The van der Waals surface area contributed by atoms with E-state index >= 15 is 0 Å². The van der Waals surface area contributed by atoms with Gasteiger partial charge in [0.25, 0.3) is 5.91 Å². The highest BCUT2D eigenvalue weighted by molar-refractivity contribution is 5.88. The molecule has 2 aromatic heterocycles. The van der Waals surface area contributed by atoms with Crippen molar-refractivity contribution in [2.45, 2.75) is 30.9 Å². The van der Waals surface area contributed by atoms with E-state index < -0.39 is 5.60 Å². The molecular weight excluding hydrogens is 342 g/mol. The summed E-state index contributed by atoms with van der Waals surface area (Å²) in [7, 11) is 0. The molecule has 0 aromatic carbocycles. The van der Waals surface area contributed by atoms with Crippen LogP contribution >= 0.6 is 0 Å². The van der Waals surface area contributed by atoms with Crippen LogP contribution < -0.4 is 0 Å². The minimum Gasteiger partial charge on any atom is -0.468 e. The summed E-state index contributed by atoms with van der Waals surface area (Å²) in [6.07, 6.45) is 7.83. The van der Waals surface area contributed by atoms with Gasteiger partial charge in [-0.2, -0.15) is 0 Å². The van der Waals surface area contributed by atoms with Crippen LogP contribution in [0, 0.1) is 5.92 Å². The number of morpholine rings is 1. The van der Waals surface area contributed by atoms with E-state index in [2.05, 4.69) is 16.0 Å². The molecule has 142 valence electrons. The third-order valence-corrected chi connectivity index (χ3v) is 6.05. The minimum atomic E-state index is -0.817. The molecular formula is C21H25N3O3. The lowest BCUT2D eigenvalue weighted by Crippen LogP contribution is -2.60. The molecule has 4 heterocycles. The average molecular weight is 367 g/mol. The number of aromatic nitrogens is 1. The molecule has 1 saturated carbocycles. The van der Waals surface area contributed by atoms with E-state index in [4.69, 9.17) is 9.15 Å². The summed E-state index contributed by atoms with van der Waals surface area (Å²) in [6, 6.07) is 7.88. The van der Waals surface area contributed by atoms with Crippen molar-refractivity contribution in [1.29, 1.82) is 0 Å². The fourth-order valence-corrected chi connectivity index (χ4v) is 4.53. The molecule has 2 aromatic rings. The molecule has 3 aliphatic rings. The second-order valence-corrected chi connectivity index (χ2v) is 8.02. The smallest absolute Gasteiger partial charge is 0.256 e. The first-order valence-corrected chi connectivity index (χ1v) is 9.82. The monoisotopic (exact) mass is 367 g/mol. The highest BCUT2D eigenvalue weighted by atomic mass is 16.5. The van der Waals surface area contributed by atoms with E-state index in [1.54, 1.807) is 12.5 Å². The summed E-state index contributed by atoms with van der Waals surface area (Å²) < 4.78 is 11.8. The Balaban J connectivity index is 1.45. The topological polar surface area (TPSA) is 58.8 Å². The molecule has 1 amide bonds. The number of carbonyl (C=O) groups is 1. The molecule has 2 aliphatic heterocycles. The van der Waals surface area contributed by atoms with Crippen LogP contribution in [0.5, 0.6) is 0 Å². The number of hydrogen-bond acceptors (Lipinski definition) is 5. The van der Waals surface area contributed by atoms with Gasteiger partial charge in [0.15, 0.2) is 5.60 Å². The molecule has 6 nitrogen and oxygen atoms in total. The molecule has 6 heteroatoms. The number of furan rings is 1. The number of pyridine rings is 1. The lowest BCUT2D eigenvalue weighted by atomic mass is 9.83. The van der Waals surface area contributed by atoms with Gasteiger partial charge in [0.2, 0.25) is 0 Å². The van der Waals surface area contributed by atoms with Crippen molar-refractivity contribution in [1.82, 2.24) is 14.8 Å². The Hall–Kier alpha value is -2.18. The molecule has 0 radical (unpaired) electrons. The molecule has 1 spiro atoms. The van der Waals surface area contributed by atoms with Crippen molar-refractivity contribution in [3.05, 3.63) is 54.2 Å². The van der Waals surface area contributed by atoms with E-state index in [1.165, 1.54) is 12.8 Å². The van der Waals surface area contributed by atoms with Gasteiger partial charge in [-0.1, -0.05) is 6.07 Å². The highest BCUT2D eigenvalue weighted by Gasteiger charge is 2.57. The Bertz CT molecular complexity index is 790. The number of rotatable bonds is 5. The average Bonchev–Trinajstić information content (AvgIpc) is 3.22. The van der Waals surface area contributed by atoms with Crippen LogP contribution in [0.3, 0.4) is 0 Å². The zero-order chi connectivity index (χ0) is 18.3. The van der Waals surface area contributed by atoms with Crippen LogP contribution in [0.2, 0.25) is 0 Å². The van der Waals surface area contributed by atoms with Crippen molar-refractivity contribution in [2.75, 3.05) is 32.8 Å². The van der Waals surface area contributed by atoms with Gasteiger partial charge >= 0.3 is 0 Å². The van der Waals surface area contributed by atoms with Crippen LogP contribution in [0.1, 0.15) is 30.1 Å². The van der Waals surface area contributed by atoms with Crippen LogP contribution in [0.15, 0.2) is 47.3 Å². The van der Waals surface area contributed by atoms with Crippen LogP contribution in [-0.4, -0.2) is 59.1 Å². The summed E-state index contributed by atoms with van der Waals surface area (Å²) in [5.74, 6) is 1.73. The van der Waals surface area contributed by atoms with Gasteiger partial charge in [-0.15, -0.1) is 0 Å². The predicted octanol–water partition coefficient (Wildman–Crippen LogP) is 2.28. The summed E-state index contributed by atoms with van der Waals surface area (Å²) in [6.45, 7) is 4.22. The molecule has 27 heavy (non-hydrogen) atoms. The fraction of sp³-hybridized carbons (Fsp3) is 0.524. The van der Waals surface area contributed by atoms with E-state index in [-0.39, 0.29) is 11.8 Å². The molecule has 2 unspecified atom stereocenters. The van der Waals surface area contributed by atoms with E-state index in [9.17, 15) is 4.79 Å². The van der Waals surface area contributed by atoms with Crippen molar-refractivity contribution in [2.24, 2.45) is 5.92 Å². The van der Waals surface area contributed by atoms with Gasteiger partial charge in [0.05, 0.1) is 19.4 Å². The van der Waals surface area contributed by atoms with Gasteiger partial charge < -0.3 is 14.1 Å². The van der Waals surface area contributed by atoms with Crippen molar-refractivity contribution >= 4 is 5.91 Å². The van der Waals surface area contributed by atoms with Gasteiger partial charge in [-0.25, -0.2) is 0 Å². The maximum atomic E-state index is 13.6. The first-order chi connectivity index (χ1) is 13.2. The van der Waals surface area contributed by atoms with Gasteiger partial charge in [0, 0.05) is 44.5 Å². The van der Waals surface area contributed by atoms with Gasteiger partial charge in [-0.3, -0.25) is 14.7 Å². The third kappa shape index (κ3) is 3.17. The number of amides is 1. The zero-order valence-electron chi connectivity index (χ0n) is 15.4. The SMILES string of the molecule is O=C1N(CC2CC2)CCOC12CN(Cc1ccco1)CC2c1cccnc1. The largest absolute Gasteiger partial charge is 0.468 e. The molecule has 2 saturated heterocycles. The maximum Gasteiger partial charge on any atom is 0.256 e. The lowest BCUT2D eigenvalue weighted by molar-refractivity contribution is -0.172. The van der Waals surface area contributed by atoms with E-state index in [0.29, 0.717) is 32.2 Å². The Morgan fingerprint density at radius 2 is 2.19 bits per heavy atom. The Kier molecular flexibility index (Phi) is 4.25. The fourth-order valence-electron chi connectivity index (χ4n) is 4.53. The molecule has 0 N–H and O–H groups in total. The van der Waals surface area contributed by atoms with E-state index in [0.717, 1.165) is 24.4 Å². The van der Waals surface area contributed by atoms with Crippen molar-refractivity contribution < 1.29 is 13.9 Å². The lowest BCUT2D eigenvalue weighted by Gasteiger charge is -2.42. The van der Waals surface area contributed by atoms with Gasteiger partial charge in [-0.05, 0) is 42.5 Å². The van der Waals surface area contributed by atoms with E-state index in [1.807, 2.05) is 29.3 Å². The number of carbonyl (C=O) groups excluding carboxylic acids is 1. The highest BCUT2D eigenvalue weighted by Crippen LogP contribution is 2.43. The number of hydrogen-bond donors (Lipinski definition) is 0. The maximum absolute atomic E-state index is 13.6. The van der Waals surface area contributed by atoms with Crippen LogP contribution in [-0.2, 0) is 16.1 Å². The zero-order valence-corrected chi connectivity index (χ0v) is 15.4. The molecule has 3 fully saturated rings. The minimum absolute atomic E-state index is 0.0179. The standard InChI is InChI=1S/C21H25N3O3/c25-20-21(27-10-8-24(20)12-16-5-6-16)15-23(13-18-4-2-9-26-18)14-19(21)17-3-1-7-22-11-17/h1-4,7,9,11,16,19H,5-6,8,10,12-15H2. The first-order valence-electron chi connectivity index (χ1n) is 9.82. The number of nitrogens with zero attached hydrogens (tertiary/aromatic N) is 3. The molecule has 1 aliphatic carbocycles. The second-order valence-electron chi connectivity index (χ2n) is 8.02. The second kappa shape index (κ2) is 6.77. The van der Waals surface area contributed by atoms with Crippen molar-refractivity contribution in [3.8, 4) is 0 Å². The Morgan fingerprint density at radius 1 is 1.26 bits per heavy atom.